The molecule has 1 amide bonds. The second kappa shape index (κ2) is 12.3. The number of hydrogen-bond acceptors (Lipinski definition) is 3. The Morgan fingerprint density at radius 3 is 2.52 bits per heavy atom. The van der Waals surface area contributed by atoms with Crippen molar-refractivity contribution in [2.24, 2.45) is 16.8 Å². The highest BCUT2D eigenvalue weighted by Crippen LogP contribution is 2.26. The van der Waals surface area contributed by atoms with Gasteiger partial charge in [-0.15, -0.1) is 24.0 Å². The van der Waals surface area contributed by atoms with Gasteiger partial charge in [0.1, 0.15) is 0 Å². The predicted molar refractivity (Wildman–Crippen MR) is 131 cm³/mol. The molecule has 0 aromatic carbocycles. The number of carbonyl (C=O) groups excluding carboxylic acids is 1. The van der Waals surface area contributed by atoms with Crippen molar-refractivity contribution in [1.82, 2.24) is 20.4 Å². The lowest BCUT2D eigenvalue weighted by atomic mass is 9.88. The van der Waals surface area contributed by atoms with Crippen LogP contribution in [-0.4, -0.2) is 73.5 Å². The minimum Gasteiger partial charge on any atom is -0.355 e. The molecule has 0 aromatic heterocycles. The summed E-state index contributed by atoms with van der Waals surface area (Å²) in [5.74, 6) is 2.26. The highest BCUT2D eigenvalue weighted by atomic mass is 127. The number of amides is 1. The van der Waals surface area contributed by atoms with Crippen molar-refractivity contribution in [3.05, 3.63) is 0 Å². The number of aliphatic imine (C=N–C) groups is 1. The summed E-state index contributed by atoms with van der Waals surface area (Å²) in [6.07, 6.45) is 9.49. The minimum atomic E-state index is 0. The van der Waals surface area contributed by atoms with Crippen LogP contribution in [0.1, 0.15) is 65.2 Å². The minimum absolute atomic E-state index is 0. The van der Waals surface area contributed by atoms with Crippen LogP contribution in [0.5, 0.6) is 0 Å². The Morgan fingerprint density at radius 2 is 1.83 bits per heavy atom. The van der Waals surface area contributed by atoms with E-state index in [0.717, 1.165) is 44.9 Å². The smallest absolute Gasteiger partial charge is 0.225 e. The molecule has 168 valence electrons. The number of guanidine groups is 1. The quantitative estimate of drug-likeness (QED) is 0.322. The third kappa shape index (κ3) is 7.26. The highest BCUT2D eigenvalue weighted by Gasteiger charge is 2.32. The summed E-state index contributed by atoms with van der Waals surface area (Å²) in [7, 11) is 1.84. The molecule has 1 unspecified atom stereocenters. The number of hydrogen-bond donors (Lipinski definition) is 2. The van der Waals surface area contributed by atoms with Crippen LogP contribution in [0.4, 0.5) is 0 Å². The van der Waals surface area contributed by atoms with Crippen LogP contribution in [-0.2, 0) is 4.79 Å². The van der Waals surface area contributed by atoms with Crippen molar-refractivity contribution in [3.8, 4) is 0 Å². The van der Waals surface area contributed by atoms with Crippen LogP contribution in [0.2, 0.25) is 0 Å². The van der Waals surface area contributed by atoms with E-state index in [2.05, 4.69) is 39.3 Å². The molecule has 6 nitrogen and oxygen atoms in total. The monoisotopic (exact) mass is 519 g/mol. The molecule has 0 radical (unpaired) electrons. The van der Waals surface area contributed by atoms with Gasteiger partial charge >= 0.3 is 0 Å². The second-order valence-corrected chi connectivity index (χ2v) is 9.39. The zero-order chi connectivity index (χ0) is 19.9. The molecule has 7 heteroatoms. The Labute approximate surface area is 194 Å². The van der Waals surface area contributed by atoms with Crippen molar-refractivity contribution in [2.45, 2.75) is 77.3 Å². The van der Waals surface area contributed by atoms with E-state index in [1.165, 1.54) is 45.2 Å². The van der Waals surface area contributed by atoms with Crippen LogP contribution in [0.3, 0.4) is 0 Å². The average Bonchev–Trinajstić information content (AvgIpc) is 3.34. The van der Waals surface area contributed by atoms with Crippen LogP contribution in [0, 0.1) is 11.8 Å². The standard InChI is InChI=1S/C22H41N5O.HI/c1-17(2)15-26-12-7-10-20(26)14-24-22(23-3)25-19-11-13-27(16-19)21(28)18-8-5-4-6-9-18;/h17-20H,4-16H2,1-3H3,(H2,23,24,25);1H/t19?,20-;/m1./s1. The van der Waals surface area contributed by atoms with E-state index in [1.807, 2.05) is 7.05 Å². The van der Waals surface area contributed by atoms with Gasteiger partial charge in [-0.25, -0.2) is 0 Å². The summed E-state index contributed by atoms with van der Waals surface area (Å²) in [5.41, 5.74) is 0. The molecule has 2 atom stereocenters. The van der Waals surface area contributed by atoms with E-state index in [0.29, 0.717) is 23.9 Å². The van der Waals surface area contributed by atoms with E-state index in [-0.39, 0.29) is 29.9 Å². The van der Waals surface area contributed by atoms with Gasteiger partial charge in [-0.2, -0.15) is 0 Å². The molecular weight excluding hydrogens is 477 g/mol. The van der Waals surface area contributed by atoms with Gasteiger partial charge in [0, 0.05) is 51.2 Å². The lowest BCUT2D eigenvalue weighted by Gasteiger charge is -2.28. The number of rotatable bonds is 6. The summed E-state index contributed by atoms with van der Waals surface area (Å²) < 4.78 is 0. The number of nitrogens with zero attached hydrogens (tertiary/aromatic N) is 3. The van der Waals surface area contributed by atoms with Gasteiger partial charge in [-0.1, -0.05) is 33.1 Å². The molecular formula is C22H42IN5O. The molecule has 3 fully saturated rings. The molecule has 1 saturated carbocycles. The van der Waals surface area contributed by atoms with Crippen LogP contribution < -0.4 is 10.6 Å². The van der Waals surface area contributed by atoms with Crippen LogP contribution >= 0.6 is 24.0 Å². The maximum absolute atomic E-state index is 12.8. The number of likely N-dealkylation sites (tertiary alicyclic amines) is 2. The molecule has 2 aliphatic heterocycles. The third-order valence-electron chi connectivity index (χ3n) is 6.62. The Bertz CT molecular complexity index is 535. The first-order valence-electron chi connectivity index (χ1n) is 11.6. The fourth-order valence-electron chi connectivity index (χ4n) is 5.12. The fourth-order valence-corrected chi connectivity index (χ4v) is 5.12. The molecule has 2 saturated heterocycles. The molecule has 2 N–H and O–H groups in total. The van der Waals surface area contributed by atoms with Crippen molar-refractivity contribution in [3.63, 3.8) is 0 Å². The summed E-state index contributed by atoms with van der Waals surface area (Å²) in [6, 6.07) is 0.919. The Kier molecular flexibility index (Phi) is 10.5. The zero-order valence-electron chi connectivity index (χ0n) is 18.7. The summed E-state index contributed by atoms with van der Waals surface area (Å²) in [6.45, 7) is 9.64. The van der Waals surface area contributed by atoms with Crippen molar-refractivity contribution in [2.75, 3.05) is 39.8 Å². The zero-order valence-corrected chi connectivity index (χ0v) is 21.0. The SMILES string of the molecule is CN=C(NC[C@H]1CCCN1CC(C)C)NC1CCN(C(=O)C2CCCCC2)C1.I. The van der Waals surface area contributed by atoms with Crippen molar-refractivity contribution >= 4 is 35.8 Å². The fraction of sp³-hybridized carbons (Fsp3) is 0.909. The van der Waals surface area contributed by atoms with E-state index < -0.39 is 0 Å². The first kappa shape index (κ1) is 24.7. The lowest BCUT2D eigenvalue weighted by Crippen LogP contribution is -2.49. The van der Waals surface area contributed by atoms with Crippen LogP contribution in [0.15, 0.2) is 4.99 Å². The number of halogens is 1. The lowest BCUT2D eigenvalue weighted by molar-refractivity contribution is -0.135. The predicted octanol–water partition coefficient (Wildman–Crippen LogP) is 3.07. The van der Waals surface area contributed by atoms with E-state index in [1.54, 1.807) is 0 Å². The Morgan fingerprint density at radius 1 is 1.07 bits per heavy atom. The Hall–Kier alpha value is -0.570. The van der Waals surface area contributed by atoms with Gasteiger partial charge in [0.25, 0.3) is 0 Å². The average molecular weight is 520 g/mol. The van der Waals surface area contributed by atoms with E-state index in [4.69, 9.17) is 0 Å². The molecule has 1 aliphatic carbocycles. The number of carbonyl (C=O) groups is 1. The molecule has 0 bridgehead atoms. The van der Waals surface area contributed by atoms with E-state index >= 15 is 0 Å². The normalized spacial score (nSPS) is 26.6. The van der Waals surface area contributed by atoms with Gasteiger partial charge < -0.3 is 15.5 Å². The summed E-state index contributed by atoms with van der Waals surface area (Å²) >= 11 is 0. The molecule has 2 heterocycles. The van der Waals surface area contributed by atoms with E-state index in [9.17, 15) is 4.79 Å². The largest absolute Gasteiger partial charge is 0.355 e. The molecule has 3 aliphatic rings. The topological polar surface area (TPSA) is 60.0 Å². The van der Waals surface area contributed by atoms with Crippen molar-refractivity contribution in [1.29, 1.82) is 0 Å². The first-order chi connectivity index (χ1) is 13.6. The second-order valence-electron chi connectivity index (χ2n) is 9.39. The molecule has 29 heavy (non-hydrogen) atoms. The van der Waals surface area contributed by atoms with Gasteiger partial charge in [0.2, 0.25) is 5.91 Å². The highest BCUT2D eigenvalue weighted by molar-refractivity contribution is 14.0. The van der Waals surface area contributed by atoms with Crippen LogP contribution in [0.25, 0.3) is 0 Å². The Balaban J connectivity index is 0.00000300. The maximum Gasteiger partial charge on any atom is 0.225 e. The molecule has 3 rings (SSSR count). The first-order valence-corrected chi connectivity index (χ1v) is 11.6. The molecule has 0 spiro atoms. The van der Waals surface area contributed by atoms with Crippen molar-refractivity contribution < 1.29 is 4.79 Å². The summed E-state index contributed by atoms with van der Waals surface area (Å²) in [5, 5.41) is 7.10. The third-order valence-corrected chi connectivity index (χ3v) is 6.62. The van der Waals surface area contributed by atoms with Gasteiger partial charge in [-0.3, -0.25) is 14.7 Å². The van der Waals surface area contributed by atoms with Gasteiger partial charge in [0.15, 0.2) is 5.96 Å². The van der Waals surface area contributed by atoms with Gasteiger partial charge in [0.05, 0.1) is 0 Å². The molecule has 0 aromatic rings. The maximum atomic E-state index is 12.8. The number of nitrogens with one attached hydrogen (secondary N) is 2. The summed E-state index contributed by atoms with van der Waals surface area (Å²) in [4.78, 5) is 21.9. The van der Waals surface area contributed by atoms with Gasteiger partial charge in [-0.05, 0) is 44.6 Å².